The predicted molar refractivity (Wildman–Crippen MR) is 71.8 cm³/mol. The number of nitrogens with zero attached hydrogens (tertiary/aromatic N) is 2. The summed E-state index contributed by atoms with van der Waals surface area (Å²) in [4.78, 5) is 0. The van der Waals surface area contributed by atoms with E-state index in [1.165, 1.54) is 3.57 Å². The van der Waals surface area contributed by atoms with Gasteiger partial charge in [-0.05, 0) is 46.6 Å². The molecule has 80 valence electrons. The van der Waals surface area contributed by atoms with Crippen molar-refractivity contribution < 1.29 is 0 Å². The van der Waals surface area contributed by atoms with Gasteiger partial charge in [0.2, 0.25) is 0 Å². The van der Waals surface area contributed by atoms with E-state index in [1.54, 1.807) is 0 Å². The summed E-state index contributed by atoms with van der Waals surface area (Å²) in [7, 11) is 0. The molecule has 0 aromatic carbocycles. The highest BCUT2D eigenvalue weighted by molar-refractivity contribution is 14.1. The first-order valence-electron chi connectivity index (χ1n) is 4.94. The first-order valence-corrected chi connectivity index (χ1v) is 6.65. The van der Waals surface area contributed by atoms with Crippen molar-refractivity contribution in [2.75, 3.05) is 5.75 Å². The van der Waals surface area contributed by atoms with Crippen molar-refractivity contribution in [3.8, 4) is 0 Å². The lowest BCUT2D eigenvalue weighted by Gasteiger charge is -2.29. The molecule has 0 unspecified atom stereocenters. The SMILES string of the molecule is CCC(CC)(CS)Cn1cc(I)cn1. The summed E-state index contributed by atoms with van der Waals surface area (Å²) in [6.45, 7) is 5.44. The molecular formula is C10H17IN2S. The van der Waals surface area contributed by atoms with Crippen molar-refractivity contribution in [1.29, 1.82) is 0 Å². The second-order valence-corrected chi connectivity index (χ2v) is 5.28. The quantitative estimate of drug-likeness (QED) is 0.650. The Morgan fingerprint density at radius 2 is 2.14 bits per heavy atom. The van der Waals surface area contributed by atoms with E-state index >= 15 is 0 Å². The second kappa shape index (κ2) is 5.39. The smallest absolute Gasteiger partial charge is 0.0623 e. The van der Waals surface area contributed by atoms with Gasteiger partial charge in [-0.3, -0.25) is 4.68 Å². The van der Waals surface area contributed by atoms with E-state index in [1.807, 2.05) is 10.9 Å². The lowest BCUT2D eigenvalue weighted by Crippen LogP contribution is -2.27. The van der Waals surface area contributed by atoms with Gasteiger partial charge in [0.05, 0.1) is 9.77 Å². The van der Waals surface area contributed by atoms with Gasteiger partial charge in [-0.2, -0.15) is 17.7 Å². The highest BCUT2D eigenvalue weighted by Gasteiger charge is 2.25. The van der Waals surface area contributed by atoms with Gasteiger partial charge in [-0.25, -0.2) is 0 Å². The number of hydrogen-bond donors (Lipinski definition) is 1. The van der Waals surface area contributed by atoms with Crippen LogP contribution >= 0.6 is 35.2 Å². The summed E-state index contributed by atoms with van der Waals surface area (Å²) in [5.41, 5.74) is 0.304. The van der Waals surface area contributed by atoms with Gasteiger partial charge in [0.1, 0.15) is 0 Å². The largest absolute Gasteiger partial charge is 0.271 e. The Bertz CT molecular complexity index is 273. The van der Waals surface area contributed by atoms with Gasteiger partial charge in [0, 0.05) is 12.7 Å². The van der Waals surface area contributed by atoms with E-state index in [0.717, 1.165) is 25.1 Å². The van der Waals surface area contributed by atoms with Gasteiger partial charge >= 0.3 is 0 Å². The van der Waals surface area contributed by atoms with E-state index in [-0.39, 0.29) is 0 Å². The Morgan fingerprint density at radius 3 is 2.50 bits per heavy atom. The average Bonchev–Trinajstić information content (AvgIpc) is 2.61. The molecule has 0 saturated carbocycles. The third-order valence-electron chi connectivity index (χ3n) is 2.93. The third-order valence-corrected chi connectivity index (χ3v) is 4.16. The Morgan fingerprint density at radius 1 is 1.50 bits per heavy atom. The molecule has 0 aliphatic carbocycles. The van der Waals surface area contributed by atoms with Crippen LogP contribution in [0, 0.1) is 8.99 Å². The normalized spacial score (nSPS) is 12.0. The van der Waals surface area contributed by atoms with E-state index in [9.17, 15) is 0 Å². The zero-order valence-electron chi connectivity index (χ0n) is 8.70. The van der Waals surface area contributed by atoms with Crippen molar-refractivity contribution in [3.05, 3.63) is 16.0 Å². The van der Waals surface area contributed by atoms with E-state index in [2.05, 4.69) is 60.4 Å². The molecule has 2 nitrogen and oxygen atoms in total. The molecule has 0 aliphatic rings. The molecule has 0 spiro atoms. The Labute approximate surface area is 105 Å². The minimum Gasteiger partial charge on any atom is -0.271 e. The molecule has 0 amide bonds. The van der Waals surface area contributed by atoms with Gasteiger partial charge in [0.25, 0.3) is 0 Å². The minimum absolute atomic E-state index is 0.304. The number of thiol groups is 1. The van der Waals surface area contributed by atoms with Crippen molar-refractivity contribution in [2.45, 2.75) is 33.2 Å². The van der Waals surface area contributed by atoms with E-state index in [4.69, 9.17) is 0 Å². The molecule has 4 heteroatoms. The lowest BCUT2D eigenvalue weighted by atomic mass is 9.84. The summed E-state index contributed by atoms with van der Waals surface area (Å²) < 4.78 is 3.23. The molecule has 1 aromatic rings. The molecular weight excluding hydrogens is 307 g/mol. The number of halogens is 1. The monoisotopic (exact) mass is 324 g/mol. The standard InChI is InChI=1S/C10H17IN2S/c1-3-10(4-2,8-14)7-13-6-9(11)5-12-13/h5-6,14H,3-4,7-8H2,1-2H3. The van der Waals surface area contributed by atoms with Crippen LogP contribution in [0.5, 0.6) is 0 Å². The molecule has 0 fully saturated rings. The van der Waals surface area contributed by atoms with E-state index in [0.29, 0.717) is 5.41 Å². The maximum absolute atomic E-state index is 4.46. The Balaban J connectivity index is 2.73. The molecule has 0 radical (unpaired) electrons. The van der Waals surface area contributed by atoms with Gasteiger partial charge < -0.3 is 0 Å². The minimum atomic E-state index is 0.304. The molecule has 0 bridgehead atoms. The number of aromatic nitrogens is 2. The Hall–Kier alpha value is 0.290. The van der Waals surface area contributed by atoms with Crippen LogP contribution < -0.4 is 0 Å². The van der Waals surface area contributed by atoms with Crippen LogP contribution in [-0.4, -0.2) is 15.5 Å². The Kier molecular flexibility index (Phi) is 4.76. The van der Waals surface area contributed by atoms with Crippen LogP contribution in [-0.2, 0) is 6.54 Å². The van der Waals surface area contributed by atoms with Crippen LogP contribution in [0.2, 0.25) is 0 Å². The highest BCUT2D eigenvalue weighted by atomic mass is 127. The molecule has 0 aliphatic heterocycles. The van der Waals surface area contributed by atoms with Crippen LogP contribution in [0.15, 0.2) is 12.4 Å². The fraction of sp³-hybridized carbons (Fsp3) is 0.700. The maximum Gasteiger partial charge on any atom is 0.0623 e. The molecule has 1 aromatic heterocycles. The zero-order valence-corrected chi connectivity index (χ0v) is 11.8. The fourth-order valence-corrected chi connectivity index (χ4v) is 2.51. The van der Waals surface area contributed by atoms with Crippen LogP contribution in [0.1, 0.15) is 26.7 Å². The van der Waals surface area contributed by atoms with E-state index < -0.39 is 0 Å². The van der Waals surface area contributed by atoms with Crippen LogP contribution in [0.3, 0.4) is 0 Å². The average molecular weight is 324 g/mol. The van der Waals surface area contributed by atoms with Crippen molar-refractivity contribution in [3.63, 3.8) is 0 Å². The molecule has 0 saturated heterocycles. The molecule has 0 N–H and O–H groups in total. The first kappa shape index (κ1) is 12.4. The summed E-state index contributed by atoms with van der Waals surface area (Å²) in [5, 5.41) is 4.32. The second-order valence-electron chi connectivity index (χ2n) is 3.72. The third kappa shape index (κ3) is 2.89. The number of hydrogen-bond acceptors (Lipinski definition) is 2. The maximum atomic E-state index is 4.46. The van der Waals surface area contributed by atoms with Crippen molar-refractivity contribution in [1.82, 2.24) is 9.78 Å². The fourth-order valence-electron chi connectivity index (χ4n) is 1.52. The van der Waals surface area contributed by atoms with Crippen molar-refractivity contribution >= 4 is 35.2 Å². The predicted octanol–water partition coefficient (Wildman–Crippen LogP) is 3.22. The molecule has 1 heterocycles. The molecule has 0 atom stereocenters. The summed E-state index contributed by atoms with van der Waals surface area (Å²) in [6.07, 6.45) is 6.30. The highest BCUT2D eigenvalue weighted by Crippen LogP contribution is 2.29. The van der Waals surface area contributed by atoms with Crippen LogP contribution in [0.4, 0.5) is 0 Å². The number of rotatable bonds is 5. The van der Waals surface area contributed by atoms with Crippen molar-refractivity contribution in [2.24, 2.45) is 5.41 Å². The van der Waals surface area contributed by atoms with Gasteiger partial charge in [0.15, 0.2) is 0 Å². The zero-order chi connectivity index (χ0) is 10.6. The van der Waals surface area contributed by atoms with Crippen LogP contribution in [0.25, 0.3) is 0 Å². The lowest BCUT2D eigenvalue weighted by molar-refractivity contribution is 0.246. The summed E-state index contributed by atoms with van der Waals surface area (Å²) >= 11 is 6.74. The first-order chi connectivity index (χ1) is 6.65. The summed E-state index contributed by atoms with van der Waals surface area (Å²) in [5.74, 6) is 0.927. The summed E-state index contributed by atoms with van der Waals surface area (Å²) in [6, 6.07) is 0. The van der Waals surface area contributed by atoms with Gasteiger partial charge in [-0.15, -0.1) is 0 Å². The van der Waals surface area contributed by atoms with Gasteiger partial charge in [-0.1, -0.05) is 13.8 Å². The topological polar surface area (TPSA) is 17.8 Å². The molecule has 14 heavy (non-hydrogen) atoms. The molecule has 1 rings (SSSR count).